The summed E-state index contributed by atoms with van der Waals surface area (Å²) >= 11 is 0. The summed E-state index contributed by atoms with van der Waals surface area (Å²) in [5.74, 6) is 2.77. The van der Waals surface area contributed by atoms with Gasteiger partial charge in [0.1, 0.15) is 0 Å². The molecule has 2 saturated carbocycles. The molecule has 0 spiro atoms. The number of hydrogen-bond acceptors (Lipinski definition) is 3. The van der Waals surface area contributed by atoms with Gasteiger partial charge in [0, 0.05) is 25.2 Å². The average Bonchev–Trinajstić information content (AvgIpc) is 2.87. The minimum atomic E-state index is 0. The third-order valence-electron chi connectivity index (χ3n) is 5.60. The fraction of sp³-hybridized carbons (Fsp3) is 0.933. The third-order valence-corrected chi connectivity index (χ3v) is 5.60. The Kier molecular flexibility index (Phi) is 5.32. The van der Waals surface area contributed by atoms with Gasteiger partial charge in [-0.3, -0.25) is 9.69 Å². The minimum Gasteiger partial charge on any atom is -0.352 e. The van der Waals surface area contributed by atoms with Crippen LogP contribution in [-0.2, 0) is 4.79 Å². The number of rotatable bonds is 5. The van der Waals surface area contributed by atoms with Crippen molar-refractivity contribution in [1.82, 2.24) is 15.5 Å². The zero-order valence-electron chi connectivity index (χ0n) is 12.6. The molecule has 2 aliphatic carbocycles. The summed E-state index contributed by atoms with van der Waals surface area (Å²) in [6, 6.07) is 0.902. The van der Waals surface area contributed by atoms with Crippen molar-refractivity contribution in [3.8, 4) is 0 Å². The summed E-state index contributed by atoms with van der Waals surface area (Å²) in [6.45, 7) is 4.78. The van der Waals surface area contributed by atoms with Crippen LogP contribution in [0, 0.1) is 17.8 Å². The molecule has 1 amide bonds. The minimum absolute atomic E-state index is 0. The molecule has 116 valence electrons. The fourth-order valence-electron chi connectivity index (χ4n) is 4.25. The lowest BCUT2D eigenvalue weighted by Gasteiger charge is -2.35. The number of nitrogens with one attached hydrogen (secondary N) is 2. The summed E-state index contributed by atoms with van der Waals surface area (Å²) < 4.78 is 0. The van der Waals surface area contributed by atoms with E-state index >= 15 is 0 Å². The van der Waals surface area contributed by atoms with Crippen molar-refractivity contribution in [1.29, 1.82) is 0 Å². The standard InChI is InChI=1S/C15H27N3O.ClH/c1-10(14-6-11-3-4-12(14)5-11)17-15(19)9-18(2)13-7-16-8-13;/h10-14,16H,3-9H2,1-2H3,(H,17,19);1H. The van der Waals surface area contributed by atoms with Crippen LogP contribution in [-0.4, -0.2) is 49.6 Å². The first-order chi connectivity index (χ1) is 9.13. The first kappa shape index (κ1) is 16.1. The molecule has 0 aromatic carbocycles. The van der Waals surface area contributed by atoms with Gasteiger partial charge in [-0.15, -0.1) is 12.4 Å². The smallest absolute Gasteiger partial charge is 0.234 e. The Bertz CT molecular complexity index is 348. The molecule has 2 bridgehead atoms. The fourth-order valence-corrected chi connectivity index (χ4v) is 4.25. The molecular formula is C15H28ClN3O. The number of amides is 1. The van der Waals surface area contributed by atoms with Crippen LogP contribution in [0.15, 0.2) is 0 Å². The molecule has 5 heteroatoms. The van der Waals surface area contributed by atoms with Crippen molar-refractivity contribution in [2.24, 2.45) is 17.8 Å². The van der Waals surface area contributed by atoms with E-state index in [4.69, 9.17) is 0 Å². The Morgan fingerprint density at radius 2 is 2.10 bits per heavy atom. The number of likely N-dealkylation sites (N-methyl/N-ethyl adjacent to an activating group) is 1. The largest absolute Gasteiger partial charge is 0.352 e. The van der Waals surface area contributed by atoms with Gasteiger partial charge in [0.05, 0.1) is 6.54 Å². The van der Waals surface area contributed by atoms with Gasteiger partial charge in [0.15, 0.2) is 0 Å². The molecule has 3 rings (SSSR count). The van der Waals surface area contributed by atoms with E-state index in [1.807, 2.05) is 7.05 Å². The van der Waals surface area contributed by atoms with Gasteiger partial charge in [-0.2, -0.15) is 0 Å². The molecule has 2 N–H and O–H groups in total. The average molecular weight is 302 g/mol. The highest BCUT2D eigenvalue weighted by atomic mass is 35.5. The maximum Gasteiger partial charge on any atom is 0.234 e. The second-order valence-electron chi connectivity index (χ2n) is 6.92. The molecular weight excluding hydrogens is 274 g/mol. The van der Waals surface area contributed by atoms with E-state index in [0.717, 1.165) is 30.8 Å². The van der Waals surface area contributed by atoms with Crippen molar-refractivity contribution < 1.29 is 4.79 Å². The van der Waals surface area contributed by atoms with Crippen molar-refractivity contribution in [3.63, 3.8) is 0 Å². The number of nitrogens with zero attached hydrogens (tertiary/aromatic N) is 1. The van der Waals surface area contributed by atoms with Crippen LogP contribution in [0.4, 0.5) is 0 Å². The molecule has 0 aromatic rings. The maximum absolute atomic E-state index is 12.1. The molecule has 4 atom stereocenters. The normalized spacial score (nSPS) is 33.6. The van der Waals surface area contributed by atoms with E-state index < -0.39 is 0 Å². The molecule has 20 heavy (non-hydrogen) atoms. The molecule has 1 heterocycles. The van der Waals surface area contributed by atoms with Gasteiger partial charge >= 0.3 is 0 Å². The highest BCUT2D eigenvalue weighted by molar-refractivity contribution is 5.85. The Hall–Kier alpha value is -0.320. The highest BCUT2D eigenvalue weighted by Crippen LogP contribution is 2.49. The van der Waals surface area contributed by atoms with Crippen LogP contribution in [0.3, 0.4) is 0 Å². The van der Waals surface area contributed by atoms with E-state index in [1.165, 1.54) is 25.7 Å². The Morgan fingerprint density at radius 1 is 1.35 bits per heavy atom. The summed E-state index contributed by atoms with van der Waals surface area (Å²) in [6.07, 6.45) is 5.58. The van der Waals surface area contributed by atoms with Crippen LogP contribution in [0.5, 0.6) is 0 Å². The van der Waals surface area contributed by atoms with Crippen molar-refractivity contribution >= 4 is 18.3 Å². The SMILES string of the molecule is CC(NC(=O)CN(C)C1CNC1)C1CC2CCC1C2.Cl. The second-order valence-corrected chi connectivity index (χ2v) is 6.92. The lowest BCUT2D eigenvalue weighted by molar-refractivity contribution is -0.123. The number of carbonyl (C=O) groups excluding carboxylic acids is 1. The molecule has 4 unspecified atom stereocenters. The molecule has 0 aromatic heterocycles. The second kappa shape index (κ2) is 6.63. The molecule has 3 aliphatic rings. The van der Waals surface area contributed by atoms with E-state index in [1.54, 1.807) is 0 Å². The van der Waals surface area contributed by atoms with Crippen LogP contribution >= 0.6 is 12.4 Å². The van der Waals surface area contributed by atoms with Crippen LogP contribution < -0.4 is 10.6 Å². The number of fused-ring (bicyclic) bond motifs is 2. The molecule has 3 fully saturated rings. The quantitative estimate of drug-likeness (QED) is 0.803. The van der Waals surface area contributed by atoms with E-state index in [9.17, 15) is 4.79 Å². The van der Waals surface area contributed by atoms with Crippen LogP contribution in [0.1, 0.15) is 32.6 Å². The van der Waals surface area contributed by atoms with E-state index in [0.29, 0.717) is 18.6 Å². The maximum atomic E-state index is 12.1. The van der Waals surface area contributed by atoms with E-state index in [-0.39, 0.29) is 18.3 Å². The topological polar surface area (TPSA) is 44.4 Å². The zero-order chi connectivity index (χ0) is 13.4. The van der Waals surface area contributed by atoms with Gasteiger partial charge in [-0.05, 0) is 51.0 Å². The van der Waals surface area contributed by atoms with Crippen LogP contribution in [0.25, 0.3) is 0 Å². The third kappa shape index (κ3) is 3.29. The van der Waals surface area contributed by atoms with Gasteiger partial charge < -0.3 is 10.6 Å². The molecule has 0 radical (unpaired) electrons. The van der Waals surface area contributed by atoms with Gasteiger partial charge in [-0.25, -0.2) is 0 Å². The Balaban J connectivity index is 0.00000147. The summed E-state index contributed by atoms with van der Waals surface area (Å²) in [5, 5.41) is 6.49. The number of hydrogen-bond donors (Lipinski definition) is 2. The molecule has 1 aliphatic heterocycles. The van der Waals surface area contributed by atoms with Crippen LogP contribution in [0.2, 0.25) is 0 Å². The first-order valence-corrected chi connectivity index (χ1v) is 7.84. The number of carbonyl (C=O) groups is 1. The van der Waals surface area contributed by atoms with Crippen molar-refractivity contribution in [3.05, 3.63) is 0 Å². The first-order valence-electron chi connectivity index (χ1n) is 7.84. The lowest BCUT2D eigenvalue weighted by Crippen LogP contribution is -2.58. The highest BCUT2D eigenvalue weighted by Gasteiger charge is 2.42. The Labute approximate surface area is 128 Å². The molecule has 4 nitrogen and oxygen atoms in total. The zero-order valence-corrected chi connectivity index (χ0v) is 13.4. The predicted octanol–water partition coefficient (Wildman–Crippen LogP) is 1.25. The summed E-state index contributed by atoms with van der Waals surface area (Å²) in [5.41, 5.74) is 0. The monoisotopic (exact) mass is 301 g/mol. The van der Waals surface area contributed by atoms with Gasteiger partial charge in [0.25, 0.3) is 0 Å². The van der Waals surface area contributed by atoms with E-state index in [2.05, 4.69) is 22.5 Å². The van der Waals surface area contributed by atoms with Crippen molar-refractivity contribution in [2.45, 2.75) is 44.7 Å². The van der Waals surface area contributed by atoms with Gasteiger partial charge in [-0.1, -0.05) is 6.42 Å². The Morgan fingerprint density at radius 3 is 2.60 bits per heavy atom. The predicted molar refractivity (Wildman–Crippen MR) is 83.1 cm³/mol. The number of halogens is 1. The lowest BCUT2D eigenvalue weighted by atomic mass is 9.84. The van der Waals surface area contributed by atoms with Gasteiger partial charge in [0.2, 0.25) is 5.91 Å². The van der Waals surface area contributed by atoms with Crippen molar-refractivity contribution in [2.75, 3.05) is 26.7 Å². The summed E-state index contributed by atoms with van der Waals surface area (Å²) in [4.78, 5) is 14.3. The molecule has 1 saturated heterocycles. The summed E-state index contributed by atoms with van der Waals surface area (Å²) in [7, 11) is 2.05.